The lowest BCUT2D eigenvalue weighted by molar-refractivity contribution is -0.105. The second-order valence-electron chi connectivity index (χ2n) is 8.09. The molecular weight excluding hydrogens is 396 g/mol. The zero-order valence-electron chi connectivity index (χ0n) is 15.2. The van der Waals surface area contributed by atoms with Crippen LogP contribution in [0.4, 0.5) is 8.78 Å². The van der Waals surface area contributed by atoms with Gasteiger partial charge in [-0.1, -0.05) is 36.4 Å². The molecule has 0 radical (unpaired) electrons. The average molecular weight is 416 g/mol. The number of rotatable bonds is 1. The summed E-state index contributed by atoms with van der Waals surface area (Å²) in [6.45, 7) is 6.54. The molecular formula is C22H20BrF2N. The minimum Gasteiger partial charge on any atom is -0.254 e. The van der Waals surface area contributed by atoms with Crippen molar-refractivity contribution >= 4 is 26.7 Å². The van der Waals surface area contributed by atoms with Gasteiger partial charge in [0.05, 0.1) is 16.5 Å². The van der Waals surface area contributed by atoms with E-state index in [2.05, 4.69) is 20.9 Å². The fourth-order valence-electron chi connectivity index (χ4n) is 4.26. The first-order valence-electron chi connectivity index (χ1n) is 8.65. The topological polar surface area (TPSA) is 12.9 Å². The summed E-state index contributed by atoms with van der Waals surface area (Å²) < 4.78 is 31.1. The number of halogens is 3. The quantitative estimate of drug-likeness (QED) is 0.422. The number of alkyl halides is 2. The highest BCUT2D eigenvalue weighted by molar-refractivity contribution is 9.10. The predicted octanol–water partition coefficient (Wildman–Crippen LogP) is 6.87. The first-order valence-corrected chi connectivity index (χ1v) is 9.45. The average Bonchev–Trinajstić information content (AvgIpc) is 2.71. The summed E-state index contributed by atoms with van der Waals surface area (Å²) >= 11 is 3.54. The van der Waals surface area contributed by atoms with Gasteiger partial charge in [-0.25, -0.2) is 8.78 Å². The van der Waals surface area contributed by atoms with E-state index in [4.69, 9.17) is 0 Å². The summed E-state index contributed by atoms with van der Waals surface area (Å²) in [5.41, 5.74) is 0.688. The fourth-order valence-corrected chi connectivity index (χ4v) is 4.71. The van der Waals surface area contributed by atoms with Crippen LogP contribution in [0.2, 0.25) is 0 Å². The standard InChI is InChI=1S/C22H20BrF2N/c1-20(2)16-10-9-13(11-17(16)21(3,4)22(20,24)25)19-15-8-6-5-7-14(15)18(23)12-26-19/h5-12H,1-4H3. The zero-order valence-corrected chi connectivity index (χ0v) is 16.8. The van der Waals surface area contributed by atoms with E-state index in [-0.39, 0.29) is 0 Å². The Labute approximate surface area is 160 Å². The summed E-state index contributed by atoms with van der Waals surface area (Å²) in [4.78, 5) is 4.59. The van der Waals surface area contributed by atoms with Crippen LogP contribution in [0.1, 0.15) is 38.8 Å². The van der Waals surface area contributed by atoms with E-state index < -0.39 is 16.8 Å². The molecule has 0 saturated carbocycles. The molecule has 0 unspecified atom stereocenters. The Morgan fingerprint density at radius 1 is 0.846 bits per heavy atom. The Balaban J connectivity index is 1.98. The van der Waals surface area contributed by atoms with Gasteiger partial charge in [-0.3, -0.25) is 4.98 Å². The molecule has 0 fully saturated rings. The number of benzene rings is 2. The third kappa shape index (κ3) is 2.08. The Bertz CT molecular complexity index is 1040. The normalized spacial score (nSPS) is 19.5. The van der Waals surface area contributed by atoms with Gasteiger partial charge in [-0.15, -0.1) is 0 Å². The van der Waals surface area contributed by atoms with Crippen molar-refractivity contribution in [2.24, 2.45) is 0 Å². The molecule has 0 spiro atoms. The maximum Gasteiger partial charge on any atom is 0.266 e. The molecule has 1 aliphatic carbocycles. The molecule has 0 saturated heterocycles. The van der Waals surface area contributed by atoms with E-state index in [1.165, 1.54) is 0 Å². The van der Waals surface area contributed by atoms with Gasteiger partial charge < -0.3 is 0 Å². The Morgan fingerprint density at radius 2 is 1.46 bits per heavy atom. The third-order valence-corrected chi connectivity index (χ3v) is 6.59. The first kappa shape index (κ1) is 17.6. The monoisotopic (exact) mass is 415 g/mol. The SMILES string of the molecule is CC1(C)c2ccc(-c3ncc(Br)c4ccccc34)cc2C(C)(C)C1(F)F. The number of fused-ring (bicyclic) bond motifs is 2. The molecule has 0 aliphatic heterocycles. The summed E-state index contributed by atoms with van der Waals surface area (Å²) in [5.74, 6) is -2.82. The number of aromatic nitrogens is 1. The highest BCUT2D eigenvalue weighted by atomic mass is 79.9. The maximum absolute atomic E-state index is 15.1. The number of hydrogen-bond donors (Lipinski definition) is 0. The van der Waals surface area contributed by atoms with Crippen molar-refractivity contribution < 1.29 is 8.78 Å². The van der Waals surface area contributed by atoms with Crippen molar-refractivity contribution in [3.05, 3.63) is 64.3 Å². The zero-order chi connectivity index (χ0) is 18.9. The van der Waals surface area contributed by atoms with E-state index >= 15 is 8.78 Å². The van der Waals surface area contributed by atoms with E-state index in [9.17, 15) is 0 Å². The Hall–Kier alpha value is -1.81. The van der Waals surface area contributed by atoms with Crippen LogP contribution in [0.25, 0.3) is 22.0 Å². The van der Waals surface area contributed by atoms with Crippen LogP contribution >= 0.6 is 15.9 Å². The highest BCUT2D eigenvalue weighted by Crippen LogP contribution is 2.59. The van der Waals surface area contributed by atoms with E-state index in [0.717, 1.165) is 32.1 Å². The molecule has 0 N–H and O–H groups in total. The molecule has 3 aromatic rings. The molecule has 1 aromatic heterocycles. The minimum atomic E-state index is -2.82. The highest BCUT2D eigenvalue weighted by Gasteiger charge is 2.65. The molecule has 134 valence electrons. The van der Waals surface area contributed by atoms with Gasteiger partial charge in [0.2, 0.25) is 0 Å². The number of nitrogens with zero attached hydrogens (tertiary/aromatic N) is 1. The smallest absolute Gasteiger partial charge is 0.254 e. The predicted molar refractivity (Wildman–Crippen MR) is 106 cm³/mol. The van der Waals surface area contributed by atoms with Gasteiger partial charge in [0.25, 0.3) is 5.92 Å². The van der Waals surface area contributed by atoms with Crippen LogP contribution in [0.5, 0.6) is 0 Å². The van der Waals surface area contributed by atoms with Crippen LogP contribution in [-0.2, 0) is 10.8 Å². The van der Waals surface area contributed by atoms with Gasteiger partial charge in [-0.2, -0.15) is 0 Å². The lowest BCUT2D eigenvalue weighted by atomic mass is 9.77. The van der Waals surface area contributed by atoms with Crippen LogP contribution in [0, 0.1) is 0 Å². The molecule has 2 aromatic carbocycles. The summed E-state index contributed by atoms with van der Waals surface area (Å²) in [6, 6.07) is 13.7. The lowest BCUT2D eigenvalue weighted by Crippen LogP contribution is -2.46. The summed E-state index contributed by atoms with van der Waals surface area (Å²) in [6.07, 6.45) is 1.77. The van der Waals surface area contributed by atoms with Crippen molar-refractivity contribution in [3.8, 4) is 11.3 Å². The molecule has 0 bridgehead atoms. The second-order valence-corrected chi connectivity index (χ2v) is 8.94. The van der Waals surface area contributed by atoms with Crippen LogP contribution in [0.3, 0.4) is 0 Å². The largest absolute Gasteiger partial charge is 0.266 e. The summed E-state index contributed by atoms with van der Waals surface area (Å²) in [7, 11) is 0. The Morgan fingerprint density at radius 3 is 2.15 bits per heavy atom. The van der Waals surface area contributed by atoms with Crippen molar-refractivity contribution in [3.63, 3.8) is 0 Å². The Kier molecular flexibility index (Phi) is 3.62. The van der Waals surface area contributed by atoms with Gasteiger partial charge in [0.1, 0.15) is 0 Å². The van der Waals surface area contributed by atoms with Crippen molar-refractivity contribution in [1.82, 2.24) is 4.98 Å². The molecule has 1 aliphatic rings. The van der Waals surface area contributed by atoms with E-state index in [0.29, 0.717) is 5.56 Å². The molecule has 4 rings (SSSR count). The third-order valence-electron chi connectivity index (χ3n) is 5.96. The second kappa shape index (κ2) is 5.35. The maximum atomic E-state index is 15.1. The van der Waals surface area contributed by atoms with Crippen LogP contribution < -0.4 is 0 Å². The van der Waals surface area contributed by atoms with Crippen molar-refractivity contribution in [2.45, 2.75) is 44.4 Å². The molecule has 26 heavy (non-hydrogen) atoms. The van der Waals surface area contributed by atoms with Gasteiger partial charge in [0, 0.05) is 21.6 Å². The lowest BCUT2D eigenvalue weighted by Gasteiger charge is -2.35. The van der Waals surface area contributed by atoms with E-state index in [1.54, 1.807) is 33.9 Å². The van der Waals surface area contributed by atoms with Crippen molar-refractivity contribution in [2.75, 3.05) is 0 Å². The molecule has 0 atom stereocenters. The van der Waals surface area contributed by atoms with Gasteiger partial charge in [0.15, 0.2) is 0 Å². The molecule has 0 amide bonds. The molecule has 4 heteroatoms. The van der Waals surface area contributed by atoms with Crippen LogP contribution in [-0.4, -0.2) is 10.9 Å². The fraction of sp³-hybridized carbons (Fsp3) is 0.318. The minimum absolute atomic E-state index is 0.707. The van der Waals surface area contributed by atoms with Crippen LogP contribution in [0.15, 0.2) is 53.1 Å². The molecule has 1 heterocycles. The summed E-state index contributed by atoms with van der Waals surface area (Å²) in [5, 5.41) is 2.06. The van der Waals surface area contributed by atoms with Crippen molar-refractivity contribution in [1.29, 1.82) is 0 Å². The number of hydrogen-bond acceptors (Lipinski definition) is 1. The number of pyridine rings is 1. The first-order chi connectivity index (χ1) is 12.1. The van der Waals surface area contributed by atoms with E-state index in [1.807, 2.05) is 42.5 Å². The van der Waals surface area contributed by atoms with Gasteiger partial charge >= 0.3 is 0 Å². The molecule has 1 nitrogen and oxygen atoms in total. The van der Waals surface area contributed by atoms with Gasteiger partial charge in [-0.05, 0) is 66.2 Å².